The highest BCUT2D eigenvalue weighted by Crippen LogP contribution is 2.43. The van der Waals surface area contributed by atoms with Crippen molar-refractivity contribution in [3.8, 4) is 11.5 Å². The van der Waals surface area contributed by atoms with Crippen LogP contribution in [-0.4, -0.2) is 65.0 Å². The van der Waals surface area contributed by atoms with E-state index in [1.165, 1.54) is 0 Å². The minimum atomic E-state index is -0.0976. The van der Waals surface area contributed by atoms with Crippen LogP contribution in [-0.2, 0) is 9.47 Å². The maximum absolute atomic E-state index is 13.1. The minimum Gasteiger partial charge on any atom is -0.496 e. The lowest BCUT2D eigenvalue weighted by molar-refractivity contribution is 0.0487. The third-order valence-corrected chi connectivity index (χ3v) is 4.88. The molecule has 2 saturated heterocycles. The van der Waals surface area contributed by atoms with E-state index in [9.17, 15) is 4.79 Å². The van der Waals surface area contributed by atoms with Gasteiger partial charge in [-0.15, -0.1) is 0 Å². The van der Waals surface area contributed by atoms with Crippen LogP contribution in [0.4, 0.5) is 0 Å². The quantitative estimate of drug-likeness (QED) is 0.821. The summed E-state index contributed by atoms with van der Waals surface area (Å²) in [5, 5.41) is 0. The number of fused-ring (bicyclic) bond motifs is 1. The average Bonchev–Trinajstić information content (AvgIpc) is 3.10. The monoisotopic (exact) mass is 321 g/mol. The summed E-state index contributed by atoms with van der Waals surface area (Å²) in [4.78, 5) is 14.9. The van der Waals surface area contributed by atoms with Crippen LogP contribution in [0.5, 0.6) is 11.5 Å². The van der Waals surface area contributed by atoms with E-state index in [4.69, 9.17) is 18.9 Å². The second-order valence-corrected chi connectivity index (χ2v) is 6.23. The van der Waals surface area contributed by atoms with E-state index in [2.05, 4.69) is 0 Å². The Morgan fingerprint density at radius 3 is 2.61 bits per heavy atom. The third-order valence-electron chi connectivity index (χ3n) is 4.88. The fraction of sp³-hybridized carbons (Fsp3) is 0.588. The second kappa shape index (κ2) is 6.37. The largest absolute Gasteiger partial charge is 0.496 e. The molecule has 23 heavy (non-hydrogen) atoms. The first-order valence-corrected chi connectivity index (χ1v) is 7.72. The number of ether oxygens (including phenoxy) is 4. The van der Waals surface area contributed by atoms with Gasteiger partial charge in [-0.25, -0.2) is 0 Å². The number of methoxy groups -OCH3 is 3. The highest BCUT2D eigenvalue weighted by Gasteiger charge is 2.52. The van der Waals surface area contributed by atoms with E-state index in [0.717, 1.165) is 0 Å². The summed E-state index contributed by atoms with van der Waals surface area (Å²) in [6.45, 7) is 3.22. The lowest BCUT2D eigenvalue weighted by Gasteiger charge is -2.26. The zero-order chi connectivity index (χ0) is 16.4. The predicted octanol–water partition coefficient (Wildman–Crippen LogP) is 1.44. The molecule has 2 atom stereocenters. The van der Waals surface area contributed by atoms with Crippen molar-refractivity contribution < 1.29 is 23.7 Å². The van der Waals surface area contributed by atoms with Crippen LogP contribution in [0.15, 0.2) is 18.2 Å². The normalized spacial score (nSPS) is 26.2. The molecule has 0 aromatic heterocycles. The Bertz CT molecular complexity index is 568. The molecule has 0 radical (unpaired) electrons. The number of hydrogen-bond donors (Lipinski definition) is 0. The molecule has 0 bridgehead atoms. The van der Waals surface area contributed by atoms with Crippen molar-refractivity contribution in [3.63, 3.8) is 0 Å². The molecular formula is C17H23NO5. The highest BCUT2D eigenvalue weighted by atomic mass is 16.5. The zero-order valence-electron chi connectivity index (χ0n) is 13.8. The highest BCUT2D eigenvalue weighted by molar-refractivity contribution is 6.00. The SMILES string of the molecule is COC[C@@]12COC[C@@H]1CN(C(=O)c1c(OC)cccc1OC)C2. The van der Waals surface area contributed by atoms with Gasteiger partial charge in [0.05, 0.1) is 34.0 Å². The first kappa shape index (κ1) is 16.1. The number of likely N-dealkylation sites (tertiary alicyclic amines) is 1. The Labute approximate surface area is 136 Å². The van der Waals surface area contributed by atoms with Gasteiger partial charge in [0.15, 0.2) is 0 Å². The number of amides is 1. The number of rotatable bonds is 5. The molecule has 126 valence electrons. The van der Waals surface area contributed by atoms with Gasteiger partial charge in [-0.3, -0.25) is 4.79 Å². The Balaban J connectivity index is 1.88. The van der Waals surface area contributed by atoms with Gasteiger partial charge >= 0.3 is 0 Å². The molecule has 6 nitrogen and oxygen atoms in total. The Morgan fingerprint density at radius 2 is 2.00 bits per heavy atom. The third kappa shape index (κ3) is 2.66. The first-order valence-electron chi connectivity index (χ1n) is 7.72. The Morgan fingerprint density at radius 1 is 1.30 bits per heavy atom. The van der Waals surface area contributed by atoms with E-state index in [1.807, 2.05) is 11.0 Å². The fourth-order valence-corrected chi connectivity index (χ4v) is 3.70. The topological polar surface area (TPSA) is 57.2 Å². The van der Waals surface area contributed by atoms with Gasteiger partial charge < -0.3 is 23.8 Å². The van der Waals surface area contributed by atoms with E-state index in [0.29, 0.717) is 55.9 Å². The fourth-order valence-electron chi connectivity index (χ4n) is 3.70. The number of benzene rings is 1. The van der Waals surface area contributed by atoms with Crippen LogP contribution in [0.25, 0.3) is 0 Å². The first-order chi connectivity index (χ1) is 11.1. The summed E-state index contributed by atoms with van der Waals surface area (Å²) < 4.78 is 21.7. The van der Waals surface area contributed by atoms with Gasteiger partial charge in [-0.1, -0.05) is 6.07 Å². The molecule has 1 aromatic carbocycles. The van der Waals surface area contributed by atoms with Gasteiger partial charge in [0.2, 0.25) is 0 Å². The van der Waals surface area contributed by atoms with Gasteiger partial charge in [-0.2, -0.15) is 0 Å². The van der Waals surface area contributed by atoms with Gasteiger partial charge in [0.1, 0.15) is 17.1 Å². The average molecular weight is 321 g/mol. The summed E-state index contributed by atoms with van der Waals surface area (Å²) in [7, 11) is 4.81. The minimum absolute atomic E-state index is 0.0656. The van der Waals surface area contributed by atoms with Crippen molar-refractivity contribution >= 4 is 5.91 Å². The summed E-state index contributed by atoms with van der Waals surface area (Å²) in [5.41, 5.74) is 0.380. The molecule has 2 aliphatic heterocycles. The summed E-state index contributed by atoms with van der Waals surface area (Å²) in [6.07, 6.45) is 0. The molecule has 0 aliphatic carbocycles. The van der Waals surface area contributed by atoms with Crippen molar-refractivity contribution in [3.05, 3.63) is 23.8 Å². The van der Waals surface area contributed by atoms with Crippen molar-refractivity contribution in [2.75, 3.05) is 54.2 Å². The van der Waals surface area contributed by atoms with Crippen LogP contribution in [0.1, 0.15) is 10.4 Å². The molecule has 3 rings (SSSR count). The zero-order valence-corrected chi connectivity index (χ0v) is 13.8. The van der Waals surface area contributed by atoms with Crippen LogP contribution in [0.3, 0.4) is 0 Å². The molecule has 0 saturated carbocycles. The molecule has 2 heterocycles. The predicted molar refractivity (Wildman–Crippen MR) is 84.1 cm³/mol. The van der Waals surface area contributed by atoms with Crippen molar-refractivity contribution in [1.29, 1.82) is 0 Å². The van der Waals surface area contributed by atoms with Crippen LogP contribution in [0, 0.1) is 11.3 Å². The van der Waals surface area contributed by atoms with Gasteiger partial charge in [-0.05, 0) is 12.1 Å². The van der Waals surface area contributed by atoms with E-state index < -0.39 is 0 Å². The molecule has 0 unspecified atom stereocenters. The summed E-state index contributed by atoms with van der Waals surface area (Å²) in [5.74, 6) is 1.31. The maximum atomic E-state index is 13.1. The number of hydrogen-bond acceptors (Lipinski definition) is 5. The van der Waals surface area contributed by atoms with E-state index in [1.54, 1.807) is 33.5 Å². The van der Waals surface area contributed by atoms with Crippen molar-refractivity contribution in [1.82, 2.24) is 4.90 Å². The van der Waals surface area contributed by atoms with Crippen molar-refractivity contribution in [2.45, 2.75) is 0 Å². The summed E-state index contributed by atoms with van der Waals surface area (Å²) >= 11 is 0. The second-order valence-electron chi connectivity index (χ2n) is 6.23. The number of carbonyl (C=O) groups excluding carboxylic acids is 1. The smallest absolute Gasteiger partial charge is 0.261 e. The molecule has 1 amide bonds. The molecule has 2 aliphatic rings. The molecule has 1 aromatic rings. The van der Waals surface area contributed by atoms with Crippen LogP contribution < -0.4 is 9.47 Å². The lowest BCUT2D eigenvalue weighted by atomic mass is 9.82. The maximum Gasteiger partial charge on any atom is 0.261 e. The molecule has 6 heteroatoms. The Hall–Kier alpha value is -1.79. The van der Waals surface area contributed by atoms with Gasteiger partial charge in [0.25, 0.3) is 5.91 Å². The number of carbonyl (C=O) groups is 1. The van der Waals surface area contributed by atoms with Crippen LogP contribution >= 0.6 is 0 Å². The van der Waals surface area contributed by atoms with E-state index in [-0.39, 0.29) is 11.3 Å². The number of nitrogens with zero attached hydrogens (tertiary/aromatic N) is 1. The summed E-state index contributed by atoms with van der Waals surface area (Å²) in [6, 6.07) is 5.37. The molecule has 0 N–H and O–H groups in total. The van der Waals surface area contributed by atoms with Crippen molar-refractivity contribution in [2.24, 2.45) is 11.3 Å². The molecule has 0 spiro atoms. The lowest BCUT2D eigenvalue weighted by Crippen LogP contribution is -2.37. The van der Waals surface area contributed by atoms with E-state index >= 15 is 0 Å². The van der Waals surface area contributed by atoms with Crippen LogP contribution in [0.2, 0.25) is 0 Å². The molecule has 2 fully saturated rings. The standard InChI is InChI=1S/C17H23NO5/c1-20-10-17-9-18(7-12(17)8-23-11-17)16(19)15-13(21-2)5-4-6-14(15)22-3/h4-6,12H,7-11H2,1-3H3/t12-,17-/m0/s1. The Kier molecular flexibility index (Phi) is 4.46. The molecular weight excluding hydrogens is 298 g/mol. The van der Waals surface area contributed by atoms with Gasteiger partial charge in [0, 0.05) is 31.5 Å².